The van der Waals surface area contributed by atoms with Crippen LogP contribution < -0.4 is 5.32 Å². The molecular weight excluding hydrogens is 437 g/mol. The molecule has 0 spiro atoms. The molecule has 2 aromatic heterocycles. The second-order valence-corrected chi connectivity index (χ2v) is 9.18. The third-order valence-electron chi connectivity index (χ3n) is 4.78. The van der Waals surface area contributed by atoms with Gasteiger partial charge in [0.15, 0.2) is 5.82 Å². The number of thiazole rings is 1. The number of fused-ring (bicyclic) bond motifs is 1. The third-order valence-corrected chi connectivity index (χ3v) is 6.45. The van der Waals surface area contributed by atoms with Gasteiger partial charge in [0, 0.05) is 22.2 Å². The summed E-state index contributed by atoms with van der Waals surface area (Å²) >= 11 is 14.1. The van der Waals surface area contributed by atoms with Crippen molar-refractivity contribution in [3.8, 4) is 6.07 Å². The number of benzene rings is 2. The van der Waals surface area contributed by atoms with E-state index in [-0.39, 0.29) is 0 Å². The fraction of sp³-hybridized carbons (Fsp3) is 0.182. The van der Waals surface area contributed by atoms with E-state index in [0.717, 1.165) is 26.7 Å². The van der Waals surface area contributed by atoms with Gasteiger partial charge in [-0.15, -0.1) is 0 Å². The van der Waals surface area contributed by atoms with Crippen molar-refractivity contribution in [1.29, 1.82) is 5.26 Å². The summed E-state index contributed by atoms with van der Waals surface area (Å²) in [5, 5.41) is 14.7. The van der Waals surface area contributed by atoms with Gasteiger partial charge in [-0.1, -0.05) is 52.7 Å². The number of nitrogens with zero attached hydrogens (tertiary/aromatic N) is 4. The molecule has 0 bridgehead atoms. The van der Waals surface area contributed by atoms with Crippen molar-refractivity contribution in [2.24, 2.45) is 0 Å². The molecule has 1 N–H and O–H groups in total. The zero-order valence-electron chi connectivity index (χ0n) is 16.3. The van der Waals surface area contributed by atoms with Crippen LogP contribution in [0.4, 0.5) is 11.5 Å². The molecule has 0 amide bonds. The first kappa shape index (κ1) is 20.5. The van der Waals surface area contributed by atoms with Crippen LogP contribution in [0.2, 0.25) is 10.0 Å². The molecule has 0 fully saturated rings. The summed E-state index contributed by atoms with van der Waals surface area (Å²) in [6, 6.07) is 15.5. The lowest BCUT2D eigenvalue weighted by Gasteiger charge is -2.16. The molecule has 0 radical (unpaired) electrons. The molecule has 0 aliphatic rings. The van der Waals surface area contributed by atoms with E-state index in [1.165, 1.54) is 17.7 Å². The normalized spacial score (nSPS) is 11.4. The van der Waals surface area contributed by atoms with Gasteiger partial charge in [0.2, 0.25) is 0 Å². The molecule has 2 aromatic carbocycles. The van der Waals surface area contributed by atoms with Gasteiger partial charge in [-0.3, -0.25) is 0 Å². The number of hydrogen-bond donors (Lipinski definition) is 1. The Labute approximate surface area is 188 Å². The van der Waals surface area contributed by atoms with Crippen LogP contribution in [0.5, 0.6) is 0 Å². The SMILES string of the molecule is CC(C)(C#N)c1ccc(Nc2ncnc3sc(Cc4c(Cl)cccc4Cl)nc23)cc1. The van der Waals surface area contributed by atoms with Crippen molar-refractivity contribution in [2.75, 3.05) is 5.32 Å². The van der Waals surface area contributed by atoms with E-state index in [4.69, 9.17) is 28.2 Å². The number of nitriles is 1. The van der Waals surface area contributed by atoms with Crippen LogP contribution in [-0.2, 0) is 11.8 Å². The van der Waals surface area contributed by atoms with Gasteiger partial charge in [-0.25, -0.2) is 15.0 Å². The molecule has 0 atom stereocenters. The monoisotopic (exact) mass is 453 g/mol. The minimum Gasteiger partial charge on any atom is -0.338 e. The highest BCUT2D eigenvalue weighted by Crippen LogP contribution is 2.32. The summed E-state index contributed by atoms with van der Waals surface area (Å²) in [5.74, 6) is 0.625. The van der Waals surface area contributed by atoms with Crippen molar-refractivity contribution in [2.45, 2.75) is 25.7 Å². The second-order valence-electron chi connectivity index (χ2n) is 7.30. The van der Waals surface area contributed by atoms with Crippen LogP contribution in [0.15, 0.2) is 48.8 Å². The van der Waals surface area contributed by atoms with E-state index in [0.29, 0.717) is 27.8 Å². The number of aromatic nitrogens is 3. The Morgan fingerprint density at radius 1 is 1.07 bits per heavy atom. The van der Waals surface area contributed by atoms with E-state index in [1.54, 1.807) is 0 Å². The van der Waals surface area contributed by atoms with Crippen LogP contribution in [0, 0.1) is 11.3 Å². The van der Waals surface area contributed by atoms with Crippen LogP contribution in [-0.4, -0.2) is 15.0 Å². The number of nitrogens with one attached hydrogen (secondary N) is 1. The number of hydrogen-bond acceptors (Lipinski definition) is 6. The van der Waals surface area contributed by atoms with Crippen LogP contribution in [0.25, 0.3) is 10.3 Å². The maximum atomic E-state index is 9.31. The summed E-state index contributed by atoms with van der Waals surface area (Å²) < 4.78 is 0. The Balaban J connectivity index is 1.62. The van der Waals surface area contributed by atoms with E-state index in [9.17, 15) is 5.26 Å². The van der Waals surface area contributed by atoms with Crippen LogP contribution in [0.3, 0.4) is 0 Å². The highest BCUT2D eigenvalue weighted by Gasteiger charge is 2.19. The van der Waals surface area contributed by atoms with Crippen molar-refractivity contribution in [3.63, 3.8) is 0 Å². The first-order chi connectivity index (χ1) is 14.4. The first-order valence-electron chi connectivity index (χ1n) is 9.19. The van der Waals surface area contributed by atoms with Crippen LogP contribution in [0.1, 0.15) is 30.0 Å². The maximum absolute atomic E-state index is 9.31. The zero-order valence-corrected chi connectivity index (χ0v) is 18.6. The standard InChI is InChI=1S/C22H17Cl2N5S/c1-22(2,11-25)13-6-8-14(9-7-13)28-20-19-21(27-12-26-20)30-18(29-19)10-15-16(23)4-3-5-17(15)24/h3-9,12H,10H2,1-2H3,(H,26,27,28). The van der Waals surface area contributed by atoms with Gasteiger partial charge in [0.05, 0.1) is 11.5 Å². The second kappa shape index (κ2) is 8.19. The summed E-state index contributed by atoms with van der Waals surface area (Å²) in [6.07, 6.45) is 2.04. The Kier molecular flexibility index (Phi) is 5.61. The Morgan fingerprint density at radius 3 is 2.43 bits per heavy atom. The Morgan fingerprint density at radius 2 is 1.77 bits per heavy atom. The number of halogens is 2. The van der Waals surface area contributed by atoms with Crippen molar-refractivity contribution in [3.05, 3.63) is 75.0 Å². The molecule has 0 saturated heterocycles. The fourth-order valence-corrected chi connectivity index (χ4v) is 4.43. The maximum Gasteiger partial charge on any atom is 0.161 e. The van der Waals surface area contributed by atoms with Gasteiger partial charge in [0.25, 0.3) is 0 Å². The molecule has 30 heavy (non-hydrogen) atoms. The lowest BCUT2D eigenvalue weighted by molar-refractivity contribution is 0.687. The minimum absolute atomic E-state index is 0.525. The number of anilines is 2. The van der Waals surface area contributed by atoms with Gasteiger partial charge in [-0.2, -0.15) is 5.26 Å². The van der Waals surface area contributed by atoms with Gasteiger partial charge in [0.1, 0.15) is 21.7 Å². The molecule has 2 heterocycles. The fourth-order valence-electron chi connectivity index (χ4n) is 2.99. The third kappa shape index (κ3) is 4.10. The average molecular weight is 454 g/mol. The molecule has 4 rings (SSSR count). The predicted octanol–water partition coefficient (Wildman–Crippen LogP) is 6.53. The van der Waals surface area contributed by atoms with E-state index in [1.807, 2.05) is 56.3 Å². The van der Waals surface area contributed by atoms with Crippen molar-refractivity contribution >= 4 is 56.4 Å². The molecular formula is C22H17Cl2N5S. The predicted molar refractivity (Wildman–Crippen MR) is 123 cm³/mol. The summed E-state index contributed by atoms with van der Waals surface area (Å²) in [7, 11) is 0. The Bertz CT molecular complexity index is 1240. The zero-order chi connectivity index (χ0) is 21.3. The van der Waals surface area contributed by atoms with E-state index in [2.05, 4.69) is 21.4 Å². The van der Waals surface area contributed by atoms with E-state index >= 15 is 0 Å². The topological polar surface area (TPSA) is 74.5 Å². The van der Waals surface area contributed by atoms with E-state index < -0.39 is 5.41 Å². The molecule has 5 nitrogen and oxygen atoms in total. The summed E-state index contributed by atoms with van der Waals surface area (Å²) in [5.41, 5.74) is 2.82. The Hall–Kier alpha value is -2.72. The molecule has 8 heteroatoms. The molecule has 4 aromatic rings. The van der Waals surface area contributed by atoms with Crippen molar-refractivity contribution in [1.82, 2.24) is 15.0 Å². The largest absolute Gasteiger partial charge is 0.338 e. The number of rotatable bonds is 5. The molecule has 0 saturated carbocycles. The average Bonchev–Trinajstić information content (AvgIpc) is 3.15. The summed E-state index contributed by atoms with van der Waals surface area (Å²) in [4.78, 5) is 14.2. The molecule has 0 unspecified atom stereocenters. The lowest BCUT2D eigenvalue weighted by Crippen LogP contribution is -2.13. The minimum atomic E-state index is -0.537. The molecule has 150 valence electrons. The molecule has 0 aliphatic carbocycles. The van der Waals surface area contributed by atoms with Crippen LogP contribution >= 0.6 is 34.5 Å². The smallest absolute Gasteiger partial charge is 0.161 e. The van der Waals surface area contributed by atoms with Crippen molar-refractivity contribution < 1.29 is 0 Å². The quantitative estimate of drug-likeness (QED) is 0.371. The highest BCUT2D eigenvalue weighted by atomic mass is 35.5. The van der Waals surface area contributed by atoms with Gasteiger partial charge < -0.3 is 5.32 Å². The molecule has 0 aliphatic heterocycles. The first-order valence-corrected chi connectivity index (χ1v) is 10.8. The van der Waals surface area contributed by atoms with Gasteiger partial charge >= 0.3 is 0 Å². The summed E-state index contributed by atoms with van der Waals surface area (Å²) in [6.45, 7) is 3.79. The van der Waals surface area contributed by atoms with Gasteiger partial charge in [-0.05, 0) is 49.2 Å². The highest BCUT2D eigenvalue weighted by molar-refractivity contribution is 7.18. The lowest BCUT2D eigenvalue weighted by atomic mass is 9.86.